The van der Waals surface area contributed by atoms with Crippen LogP contribution in [0.15, 0.2) is 23.1 Å². The van der Waals surface area contributed by atoms with E-state index in [9.17, 15) is 17.6 Å². The summed E-state index contributed by atoms with van der Waals surface area (Å²) in [5, 5.41) is 2.49. The van der Waals surface area contributed by atoms with Gasteiger partial charge < -0.3 is 10.1 Å². The molecule has 8 heteroatoms. The minimum Gasteiger partial charge on any atom is -0.378 e. The van der Waals surface area contributed by atoms with Gasteiger partial charge in [0.1, 0.15) is 10.7 Å². The number of halogens is 2. The van der Waals surface area contributed by atoms with Crippen LogP contribution in [0.2, 0.25) is 0 Å². The summed E-state index contributed by atoms with van der Waals surface area (Å²) in [4.78, 5) is 11.1. The van der Waals surface area contributed by atoms with Gasteiger partial charge in [0.05, 0.1) is 12.5 Å². The zero-order valence-electron chi connectivity index (χ0n) is 10.4. The number of carbonyl (C=O) groups excluding carboxylic acids is 1. The Morgan fingerprint density at radius 3 is 2.80 bits per heavy atom. The van der Waals surface area contributed by atoms with E-state index in [1.807, 2.05) is 0 Å². The molecule has 1 aliphatic heterocycles. The number of carbonyl (C=O) groups is 1. The van der Waals surface area contributed by atoms with Gasteiger partial charge in [-0.3, -0.25) is 4.79 Å². The fraction of sp³-hybridized carbons (Fsp3) is 0.417. The number of rotatable bonds is 4. The van der Waals surface area contributed by atoms with E-state index in [0.717, 1.165) is 25.0 Å². The number of ether oxygens (including phenoxy) is 1. The topological polar surface area (TPSA) is 72.5 Å². The Morgan fingerprint density at radius 2 is 2.25 bits per heavy atom. The Hall–Kier alpha value is -1.18. The van der Waals surface area contributed by atoms with E-state index >= 15 is 0 Å². The van der Waals surface area contributed by atoms with Crippen molar-refractivity contribution in [2.75, 3.05) is 11.9 Å². The SMILES string of the molecule is O=C(CC1CCCO1)Nc1ccc(S(=O)(=O)Cl)c(F)c1. The molecule has 0 saturated carbocycles. The first-order valence-electron chi connectivity index (χ1n) is 6.02. The molecule has 2 rings (SSSR count). The van der Waals surface area contributed by atoms with Crippen molar-refractivity contribution in [2.24, 2.45) is 0 Å². The molecule has 0 spiro atoms. The minimum absolute atomic E-state index is 0.109. The van der Waals surface area contributed by atoms with E-state index in [-0.39, 0.29) is 24.1 Å². The van der Waals surface area contributed by atoms with Crippen LogP contribution in [-0.4, -0.2) is 27.0 Å². The van der Waals surface area contributed by atoms with Gasteiger partial charge in [-0.25, -0.2) is 12.8 Å². The van der Waals surface area contributed by atoms with Crippen LogP contribution in [-0.2, 0) is 18.6 Å². The second-order valence-electron chi connectivity index (χ2n) is 4.47. The molecule has 0 aliphatic carbocycles. The van der Waals surface area contributed by atoms with Gasteiger partial charge in [0, 0.05) is 23.0 Å². The summed E-state index contributed by atoms with van der Waals surface area (Å²) in [5.74, 6) is -1.31. The van der Waals surface area contributed by atoms with Gasteiger partial charge in [-0.2, -0.15) is 0 Å². The molecule has 1 aromatic rings. The number of hydrogen-bond acceptors (Lipinski definition) is 4. The number of amides is 1. The monoisotopic (exact) mass is 321 g/mol. The molecule has 1 N–H and O–H groups in total. The minimum atomic E-state index is -4.13. The lowest BCUT2D eigenvalue weighted by Crippen LogP contribution is -2.19. The van der Waals surface area contributed by atoms with Crippen LogP contribution in [0, 0.1) is 5.82 Å². The summed E-state index contributed by atoms with van der Waals surface area (Å²) in [6.07, 6.45) is 1.83. The highest BCUT2D eigenvalue weighted by molar-refractivity contribution is 8.13. The summed E-state index contributed by atoms with van der Waals surface area (Å²) in [5.41, 5.74) is 0.176. The van der Waals surface area contributed by atoms with E-state index in [1.165, 1.54) is 6.07 Å². The van der Waals surface area contributed by atoms with E-state index in [1.54, 1.807) is 0 Å². The highest BCUT2D eigenvalue weighted by Gasteiger charge is 2.20. The Morgan fingerprint density at radius 1 is 1.50 bits per heavy atom. The number of nitrogens with one attached hydrogen (secondary N) is 1. The summed E-state index contributed by atoms with van der Waals surface area (Å²) in [7, 11) is 0.931. The van der Waals surface area contributed by atoms with Gasteiger partial charge in [0.15, 0.2) is 0 Å². The first-order valence-corrected chi connectivity index (χ1v) is 8.33. The average molecular weight is 322 g/mol. The van der Waals surface area contributed by atoms with E-state index in [4.69, 9.17) is 15.4 Å². The molecule has 1 saturated heterocycles. The Kier molecular flexibility index (Phi) is 4.62. The molecular weight excluding hydrogens is 309 g/mol. The lowest BCUT2D eigenvalue weighted by molar-refractivity contribution is -0.118. The van der Waals surface area contributed by atoms with Crippen LogP contribution in [0.5, 0.6) is 0 Å². The molecule has 1 atom stereocenters. The van der Waals surface area contributed by atoms with Crippen LogP contribution < -0.4 is 5.32 Å². The molecule has 1 unspecified atom stereocenters. The predicted octanol–water partition coefficient (Wildman–Crippen LogP) is 2.26. The smallest absolute Gasteiger partial charge is 0.264 e. The van der Waals surface area contributed by atoms with Crippen molar-refractivity contribution < 1.29 is 22.3 Å². The van der Waals surface area contributed by atoms with Crippen molar-refractivity contribution in [1.29, 1.82) is 0 Å². The fourth-order valence-corrected chi connectivity index (χ4v) is 2.90. The van der Waals surface area contributed by atoms with Crippen molar-refractivity contribution in [3.8, 4) is 0 Å². The molecular formula is C12H13ClFNO4S. The van der Waals surface area contributed by atoms with Crippen LogP contribution in [0.3, 0.4) is 0 Å². The summed E-state index contributed by atoms with van der Waals surface area (Å²) >= 11 is 0. The van der Waals surface area contributed by atoms with Gasteiger partial charge in [0.2, 0.25) is 5.91 Å². The standard InChI is InChI=1S/C12H13ClFNO4S/c13-20(17,18)11-4-3-8(6-10(11)14)15-12(16)7-9-2-1-5-19-9/h3-4,6,9H,1-2,5,7H2,(H,15,16). The quantitative estimate of drug-likeness (QED) is 0.863. The summed E-state index contributed by atoms with van der Waals surface area (Å²) in [6, 6.07) is 3.22. The lowest BCUT2D eigenvalue weighted by Gasteiger charge is -2.10. The van der Waals surface area contributed by atoms with Crippen molar-refractivity contribution in [3.63, 3.8) is 0 Å². The van der Waals surface area contributed by atoms with Crippen molar-refractivity contribution in [3.05, 3.63) is 24.0 Å². The van der Waals surface area contributed by atoms with Gasteiger partial charge >= 0.3 is 0 Å². The van der Waals surface area contributed by atoms with Gasteiger partial charge in [0.25, 0.3) is 9.05 Å². The zero-order valence-corrected chi connectivity index (χ0v) is 12.0. The maximum atomic E-state index is 13.6. The summed E-state index contributed by atoms with van der Waals surface area (Å²) < 4.78 is 41.0. The molecule has 0 aromatic heterocycles. The van der Waals surface area contributed by atoms with Crippen LogP contribution in [0.4, 0.5) is 10.1 Å². The molecule has 1 amide bonds. The highest BCUT2D eigenvalue weighted by atomic mass is 35.7. The normalized spacial score (nSPS) is 19.0. The highest BCUT2D eigenvalue weighted by Crippen LogP contribution is 2.22. The van der Waals surface area contributed by atoms with Gasteiger partial charge in [-0.15, -0.1) is 0 Å². The molecule has 110 valence electrons. The van der Waals surface area contributed by atoms with Crippen LogP contribution in [0.1, 0.15) is 19.3 Å². The number of anilines is 1. The van der Waals surface area contributed by atoms with Gasteiger partial charge in [-0.1, -0.05) is 0 Å². The molecule has 20 heavy (non-hydrogen) atoms. The van der Waals surface area contributed by atoms with E-state index in [0.29, 0.717) is 6.61 Å². The third-order valence-electron chi connectivity index (χ3n) is 2.92. The Bertz CT molecular complexity index is 614. The average Bonchev–Trinajstić information content (AvgIpc) is 2.79. The molecule has 1 fully saturated rings. The van der Waals surface area contributed by atoms with Crippen molar-refractivity contribution >= 4 is 31.3 Å². The third kappa shape index (κ3) is 3.91. The van der Waals surface area contributed by atoms with Gasteiger partial charge in [-0.05, 0) is 31.0 Å². The molecule has 1 aromatic carbocycles. The Balaban J connectivity index is 2.03. The molecule has 1 heterocycles. The second-order valence-corrected chi connectivity index (χ2v) is 7.00. The molecule has 1 aliphatic rings. The summed E-state index contributed by atoms with van der Waals surface area (Å²) in [6.45, 7) is 0.648. The molecule has 0 radical (unpaired) electrons. The predicted molar refractivity (Wildman–Crippen MR) is 71.7 cm³/mol. The van der Waals surface area contributed by atoms with Crippen LogP contribution >= 0.6 is 10.7 Å². The van der Waals surface area contributed by atoms with Crippen molar-refractivity contribution in [2.45, 2.75) is 30.3 Å². The maximum Gasteiger partial charge on any atom is 0.264 e. The maximum absolute atomic E-state index is 13.6. The zero-order chi connectivity index (χ0) is 14.8. The third-order valence-corrected chi connectivity index (χ3v) is 4.27. The molecule has 0 bridgehead atoms. The first-order chi connectivity index (χ1) is 9.36. The molecule has 5 nitrogen and oxygen atoms in total. The number of benzene rings is 1. The second kappa shape index (κ2) is 6.07. The Labute approximate surface area is 120 Å². The van der Waals surface area contributed by atoms with Crippen molar-refractivity contribution in [1.82, 2.24) is 0 Å². The lowest BCUT2D eigenvalue weighted by atomic mass is 10.2. The first kappa shape index (κ1) is 15.2. The largest absolute Gasteiger partial charge is 0.378 e. The van der Waals surface area contributed by atoms with E-state index < -0.39 is 19.8 Å². The fourth-order valence-electron chi connectivity index (χ4n) is 2.00. The van der Waals surface area contributed by atoms with Crippen LogP contribution in [0.25, 0.3) is 0 Å². The van der Waals surface area contributed by atoms with E-state index in [2.05, 4.69) is 5.32 Å². The number of hydrogen-bond donors (Lipinski definition) is 1.